The lowest BCUT2D eigenvalue weighted by Gasteiger charge is -2.17. The molecule has 0 bridgehead atoms. The van der Waals surface area contributed by atoms with Crippen LogP contribution in [0.4, 0.5) is 5.69 Å². The molecule has 1 aromatic carbocycles. The standard InChI is InChI=1S/C16H16N2O5S/c1-23-16(21)13-14(18-24(2,3)22)12(19)9-11(15(13)20)17-10-7-5-4-6-8-10/h4-9,17H,1-3H3/i1D3. The summed E-state index contributed by atoms with van der Waals surface area (Å²) in [7, 11) is -6.05. The van der Waals surface area contributed by atoms with Gasteiger partial charge < -0.3 is 10.1 Å². The van der Waals surface area contributed by atoms with E-state index in [0.29, 0.717) is 5.69 Å². The summed E-state index contributed by atoms with van der Waals surface area (Å²) in [5.74, 6) is -3.41. The van der Waals surface area contributed by atoms with Crippen LogP contribution in [0.3, 0.4) is 0 Å². The number of benzene rings is 1. The van der Waals surface area contributed by atoms with Crippen LogP contribution >= 0.6 is 0 Å². The Morgan fingerprint density at radius 2 is 1.92 bits per heavy atom. The van der Waals surface area contributed by atoms with Crippen LogP contribution in [0.25, 0.3) is 0 Å². The summed E-state index contributed by atoms with van der Waals surface area (Å²) < 4.78 is 41.0. The van der Waals surface area contributed by atoms with Crippen molar-refractivity contribution < 1.29 is 27.4 Å². The Bertz CT molecular complexity index is 979. The number of nitrogens with one attached hydrogen (secondary N) is 1. The maximum atomic E-state index is 12.7. The fourth-order valence-electron chi connectivity index (χ4n) is 1.95. The Morgan fingerprint density at radius 1 is 1.25 bits per heavy atom. The number of allylic oxidation sites excluding steroid dienone is 2. The molecule has 0 saturated carbocycles. The van der Waals surface area contributed by atoms with Gasteiger partial charge >= 0.3 is 5.97 Å². The van der Waals surface area contributed by atoms with E-state index in [2.05, 4.69) is 14.4 Å². The lowest BCUT2D eigenvalue weighted by atomic mass is 9.97. The molecular formula is C16H16N2O5S. The molecule has 1 N–H and O–H groups in total. The average Bonchev–Trinajstić information content (AvgIpc) is 2.50. The number of carbonyl (C=O) groups is 3. The van der Waals surface area contributed by atoms with E-state index in [1.165, 1.54) is 12.5 Å². The van der Waals surface area contributed by atoms with Gasteiger partial charge in [-0.05, 0) is 12.1 Å². The van der Waals surface area contributed by atoms with Crippen molar-refractivity contribution in [3.8, 4) is 0 Å². The second kappa shape index (κ2) is 6.79. The zero-order chi connectivity index (χ0) is 20.4. The van der Waals surface area contributed by atoms with Gasteiger partial charge in [0.2, 0.25) is 11.6 Å². The van der Waals surface area contributed by atoms with Gasteiger partial charge in [-0.25, -0.2) is 9.00 Å². The molecule has 0 unspecified atom stereocenters. The van der Waals surface area contributed by atoms with Crippen molar-refractivity contribution >= 4 is 33.0 Å². The molecule has 1 aliphatic rings. The number of hydrogen-bond donors (Lipinski definition) is 1. The van der Waals surface area contributed by atoms with Crippen molar-refractivity contribution in [1.29, 1.82) is 0 Å². The van der Waals surface area contributed by atoms with Crippen molar-refractivity contribution in [3.63, 3.8) is 0 Å². The van der Waals surface area contributed by atoms with Crippen LogP contribution in [0.5, 0.6) is 0 Å². The Hall–Kier alpha value is -2.74. The van der Waals surface area contributed by atoms with Crippen LogP contribution < -0.4 is 5.32 Å². The molecule has 0 amide bonds. The minimum atomic E-state index is -3.13. The fourth-order valence-corrected chi connectivity index (χ4v) is 2.57. The van der Waals surface area contributed by atoms with Crippen LogP contribution in [0.15, 0.2) is 57.7 Å². The molecule has 0 spiro atoms. The Kier molecular flexibility index (Phi) is 3.87. The van der Waals surface area contributed by atoms with E-state index in [1.54, 1.807) is 30.3 Å². The first-order valence-corrected chi connectivity index (χ1v) is 8.98. The number of Topliss-reactive ketones (excluding diaryl/α,β-unsaturated/α-hetero) is 1. The highest BCUT2D eigenvalue weighted by molar-refractivity contribution is 7.92. The molecule has 0 radical (unpaired) electrons. The van der Waals surface area contributed by atoms with Gasteiger partial charge in [0, 0.05) is 34.0 Å². The first-order valence-electron chi connectivity index (χ1n) is 8.15. The first kappa shape index (κ1) is 13.7. The monoisotopic (exact) mass is 351 g/mol. The minimum Gasteiger partial charge on any atom is -0.465 e. The highest BCUT2D eigenvalue weighted by Gasteiger charge is 2.34. The molecule has 8 heteroatoms. The number of nitrogens with zero attached hydrogens (tertiary/aromatic N) is 1. The van der Waals surface area contributed by atoms with Crippen LogP contribution in [-0.2, 0) is 28.8 Å². The normalized spacial score (nSPS) is 17.4. The van der Waals surface area contributed by atoms with Gasteiger partial charge in [-0.2, -0.15) is 4.36 Å². The number of para-hydroxylation sites is 1. The van der Waals surface area contributed by atoms with Gasteiger partial charge in [-0.3, -0.25) is 9.59 Å². The molecule has 0 atom stereocenters. The third-order valence-corrected chi connectivity index (χ3v) is 3.50. The Balaban J connectivity index is 2.53. The van der Waals surface area contributed by atoms with Gasteiger partial charge in [0.1, 0.15) is 11.3 Å². The summed E-state index contributed by atoms with van der Waals surface area (Å²) in [6.07, 6.45) is 3.31. The van der Waals surface area contributed by atoms with Crippen molar-refractivity contribution in [2.45, 2.75) is 0 Å². The van der Waals surface area contributed by atoms with Crippen molar-refractivity contribution in [1.82, 2.24) is 0 Å². The largest absolute Gasteiger partial charge is 0.465 e. The van der Waals surface area contributed by atoms with Crippen molar-refractivity contribution in [2.24, 2.45) is 4.36 Å². The third-order valence-electron chi connectivity index (χ3n) is 2.88. The van der Waals surface area contributed by atoms with E-state index in [-0.39, 0.29) is 5.70 Å². The van der Waals surface area contributed by atoms with Gasteiger partial charge in [-0.1, -0.05) is 18.2 Å². The highest BCUT2D eigenvalue weighted by atomic mass is 32.2. The quantitative estimate of drug-likeness (QED) is 0.498. The van der Waals surface area contributed by atoms with Crippen LogP contribution in [0, 0.1) is 0 Å². The number of ketones is 2. The van der Waals surface area contributed by atoms with Gasteiger partial charge in [0.05, 0.1) is 16.8 Å². The predicted octanol–water partition coefficient (Wildman–Crippen LogP) is 1.29. The SMILES string of the molecule is [2H]C([2H])([2H])OC(=O)C1=C(N=S(C)(C)=O)C(=O)C=C(Nc2ccccc2)C1=O. The molecule has 0 fully saturated rings. The summed E-state index contributed by atoms with van der Waals surface area (Å²) in [5, 5.41) is 2.69. The zero-order valence-electron chi connectivity index (χ0n) is 15.9. The van der Waals surface area contributed by atoms with Crippen molar-refractivity contribution in [2.75, 3.05) is 24.9 Å². The second-order valence-electron chi connectivity index (χ2n) is 5.13. The van der Waals surface area contributed by atoms with Crippen LogP contribution in [0.2, 0.25) is 0 Å². The molecule has 0 heterocycles. The number of methoxy groups -OCH3 is 1. The molecule has 2 rings (SSSR count). The number of esters is 1. The van der Waals surface area contributed by atoms with Crippen LogP contribution in [0.1, 0.15) is 4.11 Å². The summed E-state index contributed by atoms with van der Waals surface area (Å²) in [6.45, 7) is 0. The molecule has 1 aromatic rings. The number of rotatable bonds is 4. The maximum Gasteiger partial charge on any atom is 0.344 e. The summed E-state index contributed by atoms with van der Waals surface area (Å²) >= 11 is 0. The maximum absolute atomic E-state index is 12.7. The number of carbonyl (C=O) groups excluding carboxylic acids is 3. The van der Waals surface area contributed by atoms with E-state index < -0.39 is 45.6 Å². The number of hydrogen-bond acceptors (Lipinski definition) is 7. The highest BCUT2D eigenvalue weighted by Crippen LogP contribution is 2.24. The summed E-state index contributed by atoms with van der Waals surface area (Å²) in [4.78, 5) is 37.4. The topological polar surface area (TPSA) is 102 Å². The van der Waals surface area contributed by atoms with E-state index in [1.807, 2.05) is 0 Å². The zero-order valence-corrected chi connectivity index (χ0v) is 13.7. The second-order valence-corrected chi connectivity index (χ2v) is 7.67. The molecule has 0 saturated heterocycles. The number of ether oxygens (including phenoxy) is 1. The van der Waals surface area contributed by atoms with Gasteiger partial charge in [0.25, 0.3) is 0 Å². The molecule has 0 aliphatic heterocycles. The van der Waals surface area contributed by atoms with E-state index in [0.717, 1.165) is 6.08 Å². The molecule has 24 heavy (non-hydrogen) atoms. The minimum absolute atomic E-state index is 0.263. The molecular weight excluding hydrogens is 332 g/mol. The number of anilines is 1. The predicted molar refractivity (Wildman–Crippen MR) is 89.6 cm³/mol. The van der Waals surface area contributed by atoms with Gasteiger partial charge in [-0.15, -0.1) is 0 Å². The Morgan fingerprint density at radius 3 is 2.50 bits per heavy atom. The summed E-state index contributed by atoms with van der Waals surface area (Å²) in [6, 6.07) is 8.34. The fraction of sp³-hybridized carbons (Fsp3) is 0.188. The lowest BCUT2D eigenvalue weighted by Crippen LogP contribution is -2.28. The average molecular weight is 351 g/mol. The van der Waals surface area contributed by atoms with Crippen LogP contribution in [-0.4, -0.2) is 41.3 Å². The molecule has 126 valence electrons. The van der Waals surface area contributed by atoms with E-state index >= 15 is 0 Å². The molecule has 7 nitrogen and oxygen atoms in total. The first-order chi connectivity index (χ1) is 12.4. The molecule has 0 aromatic heterocycles. The third kappa shape index (κ3) is 3.96. The Labute approximate surface area is 143 Å². The summed E-state index contributed by atoms with van der Waals surface area (Å²) in [5.41, 5.74) is -1.37. The van der Waals surface area contributed by atoms with Crippen molar-refractivity contribution in [3.05, 3.63) is 53.4 Å². The molecule has 1 aliphatic carbocycles. The smallest absolute Gasteiger partial charge is 0.344 e. The van der Waals surface area contributed by atoms with E-state index in [9.17, 15) is 18.6 Å². The lowest BCUT2D eigenvalue weighted by molar-refractivity contribution is -0.138. The van der Waals surface area contributed by atoms with Gasteiger partial charge in [0.15, 0.2) is 0 Å². The van der Waals surface area contributed by atoms with E-state index in [4.69, 9.17) is 4.11 Å².